The molecule has 0 aromatic carbocycles. The van der Waals surface area contributed by atoms with Crippen molar-refractivity contribution >= 4 is 43.0 Å². The Kier molecular flexibility index (Phi) is 14.5. The van der Waals surface area contributed by atoms with E-state index in [4.69, 9.17) is 9.84 Å². The van der Waals surface area contributed by atoms with Crippen LogP contribution in [-0.4, -0.2) is 60.2 Å². The van der Waals surface area contributed by atoms with Crippen molar-refractivity contribution in [3.8, 4) is 0 Å². The standard InChI is InChI=1S/C21H40N2O5S2/c1-20(2,12-22-17(24)8-6-5-7-16(30)9-10-29)14-28-15-21(3,4)13-23-18(25)11-19(26)27/h16,29-30H,5-15H2,1-4H3,(H,22,24)(H,23,25)(H,26,27). The van der Waals surface area contributed by atoms with E-state index in [-0.39, 0.29) is 16.7 Å². The number of amides is 2. The summed E-state index contributed by atoms with van der Waals surface area (Å²) in [6, 6.07) is 0. The molecule has 3 N–H and O–H groups in total. The molecule has 0 aromatic rings. The van der Waals surface area contributed by atoms with E-state index in [9.17, 15) is 14.4 Å². The lowest BCUT2D eigenvalue weighted by Crippen LogP contribution is -2.40. The third-order valence-electron chi connectivity index (χ3n) is 4.48. The largest absolute Gasteiger partial charge is 0.481 e. The number of nitrogens with one attached hydrogen (secondary N) is 2. The molecule has 9 heteroatoms. The van der Waals surface area contributed by atoms with Crippen LogP contribution in [0.2, 0.25) is 0 Å². The first-order valence-corrected chi connectivity index (χ1v) is 11.6. The van der Waals surface area contributed by atoms with E-state index < -0.39 is 18.3 Å². The van der Waals surface area contributed by atoms with Crippen molar-refractivity contribution in [2.75, 3.05) is 32.1 Å². The van der Waals surface area contributed by atoms with Gasteiger partial charge in [-0.3, -0.25) is 14.4 Å². The van der Waals surface area contributed by atoms with E-state index >= 15 is 0 Å². The number of rotatable bonds is 17. The first kappa shape index (κ1) is 29.1. The number of carboxylic acids is 1. The van der Waals surface area contributed by atoms with E-state index in [1.807, 2.05) is 27.7 Å². The molecule has 0 fully saturated rings. The highest BCUT2D eigenvalue weighted by molar-refractivity contribution is 7.81. The van der Waals surface area contributed by atoms with E-state index in [2.05, 4.69) is 35.9 Å². The number of hydrogen-bond acceptors (Lipinski definition) is 6. The first-order chi connectivity index (χ1) is 13.9. The van der Waals surface area contributed by atoms with Crippen LogP contribution in [0.1, 0.15) is 66.2 Å². The number of carbonyl (C=O) groups is 3. The smallest absolute Gasteiger partial charge is 0.312 e. The maximum Gasteiger partial charge on any atom is 0.312 e. The third-order valence-corrected chi connectivity index (χ3v) is 5.25. The van der Waals surface area contributed by atoms with Gasteiger partial charge in [-0.05, 0) is 25.0 Å². The van der Waals surface area contributed by atoms with Gasteiger partial charge >= 0.3 is 5.97 Å². The second-order valence-electron chi connectivity index (χ2n) is 9.36. The summed E-state index contributed by atoms with van der Waals surface area (Å²) in [6.07, 6.45) is 3.81. The van der Waals surface area contributed by atoms with Crippen molar-refractivity contribution in [1.82, 2.24) is 10.6 Å². The van der Waals surface area contributed by atoms with Gasteiger partial charge in [-0.15, -0.1) is 0 Å². The summed E-state index contributed by atoms with van der Waals surface area (Å²) in [5.41, 5.74) is -0.549. The molecule has 0 aliphatic heterocycles. The van der Waals surface area contributed by atoms with Gasteiger partial charge in [0.15, 0.2) is 0 Å². The number of aliphatic carboxylic acids is 1. The van der Waals surface area contributed by atoms with Gasteiger partial charge < -0.3 is 20.5 Å². The number of ether oxygens (including phenoxy) is 1. The average molecular weight is 465 g/mol. The molecule has 30 heavy (non-hydrogen) atoms. The molecule has 0 aliphatic carbocycles. The van der Waals surface area contributed by atoms with Crippen LogP contribution in [0, 0.1) is 10.8 Å². The van der Waals surface area contributed by atoms with Crippen LogP contribution in [0.15, 0.2) is 0 Å². The van der Waals surface area contributed by atoms with Gasteiger partial charge in [0, 0.05) is 35.6 Å². The molecule has 1 atom stereocenters. The molecule has 0 rings (SSSR count). The molecular weight excluding hydrogens is 424 g/mol. The Balaban J connectivity index is 4.03. The van der Waals surface area contributed by atoms with Gasteiger partial charge in [0.05, 0.1) is 13.2 Å². The van der Waals surface area contributed by atoms with Crippen LogP contribution in [0.3, 0.4) is 0 Å². The van der Waals surface area contributed by atoms with E-state index in [1.165, 1.54) is 0 Å². The van der Waals surface area contributed by atoms with Gasteiger partial charge in [-0.2, -0.15) is 25.3 Å². The maximum atomic E-state index is 12.1. The summed E-state index contributed by atoms with van der Waals surface area (Å²) >= 11 is 8.70. The molecule has 0 aromatic heterocycles. The lowest BCUT2D eigenvalue weighted by Gasteiger charge is -2.29. The van der Waals surface area contributed by atoms with Crippen LogP contribution in [0.5, 0.6) is 0 Å². The van der Waals surface area contributed by atoms with E-state index in [1.54, 1.807) is 0 Å². The van der Waals surface area contributed by atoms with Crippen LogP contribution in [0.4, 0.5) is 0 Å². The summed E-state index contributed by atoms with van der Waals surface area (Å²) in [7, 11) is 0. The molecule has 0 heterocycles. The molecule has 0 saturated heterocycles. The Bertz CT molecular complexity index is 541. The minimum absolute atomic E-state index is 0.0504. The molecule has 176 valence electrons. The quantitative estimate of drug-likeness (QED) is 0.129. The molecule has 7 nitrogen and oxygen atoms in total. The fourth-order valence-electron chi connectivity index (χ4n) is 2.63. The highest BCUT2D eigenvalue weighted by Gasteiger charge is 2.24. The number of hydrogen-bond donors (Lipinski definition) is 5. The van der Waals surface area contributed by atoms with Crippen molar-refractivity contribution in [1.29, 1.82) is 0 Å². The first-order valence-electron chi connectivity index (χ1n) is 10.5. The molecule has 0 aliphatic rings. The molecule has 2 amide bonds. The van der Waals surface area contributed by atoms with E-state index in [0.717, 1.165) is 31.4 Å². The van der Waals surface area contributed by atoms with Crippen LogP contribution >= 0.6 is 25.3 Å². The zero-order valence-corrected chi connectivity index (χ0v) is 20.6. The Morgan fingerprint density at radius 2 is 1.47 bits per heavy atom. The highest BCUT2D eigenvalue weighted by Crippen LogP contribution is 2.19. The summed E-state index contributed by atoms with van der Waals surface area (Å²) < 4.78 is 5.82. The van der Waals surface area contributed by atoms with Crippen molar-refractivity contribution in [2.45, 2.75) is 71.5 Å². The second kappa shape index (κ2) is 15.0. The summed E-state index contributed by atoms with van der Waals surface area (Å²) in [6.45, 7) is 9.66. The number of unbranched alkanes of at least 4 members (excludes halogenated alkanes) is 1. The highest BCUT2D eigenvalue weighted by atomic mass is 32.1. The second-order valence-corrected chi connectivity index (χ2v) is 10.5. The van der Waals surface area contributed by atoms with Gasteiger partial charge in [0.2, 0.25) is 11.8 Å². The fraction of sp³-hybridized carbons (Fsp3) is 0.857. The maximum absolute atomic E-state index is 12.1. The molecule has 0 spiro atoms. The Morgan fingerprint density at radius 1 is 0.933 bits per heavy atom. The Hall–Kier alpha value is -0.930. The fourth-order valence-corrected chi connectivity index (χ4v) is 3.46. The van der Waals surface area contributed by atoms with Crippen LogP contribution in [-0.2, 0) is 19.1 Å². The van der Waals surface area contributed by atoms with E-state index in [0.29, 0.717) is 38.0 Å². The molecule has 0 radical (unpaired) electrons. The summed E-state index contributed by atoms with van der Waals surface area (Å²) in [4.78, 5) is 34.0. The normalized spacial score (nSPS) is 13.0. The summed E-state index contributed by atoms with van der Waals surface area (Å²) in [5.74, 6) is -0.771. The summed E-state index contributed by atoms with van der Waals surface area (Å²) in [5, 5.41) is 14.6. The number of thiol groups is 2. The predicted octanol–water partition coefficient (Wildman–Crippen LogP) is 2.94. The van der Waals surface area contributed by atoms with Crippen molar-refractivity contribution < 1.29 is 24.2 Å². The molecular formula is C21H40N2O5S2. The topological polar surface area (TPSA) is 105 Å². The molecule has 0 saturated carbocycles. The van der Waals surface area contributed by atoms with Crippen molar-refractivity contribution in [3.63, 3.8) is 0 Å². The zero-order chi connectivity index (χ0) is 23.2. The van der Waals surface area contributed by atoms with Crippen LogP contribution in [0.25, 0.3) is 0 Å². The minimum atomic E-state index is -1.15. The van der Waals surface area contributed by atoms with Crippen LogP contribution < -0.4 is 10.6 Å². The lowest BCUT2D eigenvalue weighted by molar-refractivity contribution is -0.140. The molecule has 1 unspecified atom stereocenters. The molecule has 0 bridgehead atoms. The number of carbonyl (C=O) groups excluding carboxylic acids is 2. The van der Waals surface area contributed by atoms with Gasteiger partial charge in [-0.25, -0.2) is 0 Å². The number of carboxylic acid groups (broad SMARTS) is 1. The Labute approximate surface area is 192 Å². The minimum Gasteiger partial charge on any atom is -0.481 e. The van der Waals surface area contributed by atoms with Gasteiger partial charge in [0.25, 0.3) is 0 Å². The van der Waals surface area contributed by atoms with Gasteiger partial charge in [-0.1, -0.05) is 34.1 Å². The van der Waals surface area contributed by atoms with Crippen molar-refractivity contribution in [2.24, 2.45) is 10.8 Å². The van der Waals surface area contributed by atoms with Crippen molar-refractivity contribution in [3.05, 3.63) is 0 Å². The monoisotopic (exact) mass is 464 g/mol. The third kappa shape index (κ3) is 16.8. The predicted molar refractivity (Wildman–Crippen MR) is 126 cm³/mol. The van der Waals surface area contributed by atoms with Gasteiger partial charge in [0.1, 0.15) is 6.42 Å². The Morgan fingerprint density at radius 3 is 1.97 bits per heavy atom. The zero-order valence-electron chi connectivity index (χ0n) is 18.8. The SMILES string of the molecule is CC(C)(CNC(=O)CCCCC(S)CCS)COCC(C)(C)CNC(=O)CC(=O)O. The lowest BCUT2D eigenvalue weighted by atomic mass is 9.93. The average Bonchev–Trinajstić information content (AvgIpc) is 2.61.